The van der Waals surface area contributed by atoms with Crippen LogP contribution in [-0.2, 0) is 10.5 Å². The molecule has 2 aromatic rings. The minimum atomic E-state index is 0.0168. The van der Waals surface area contributed by atoms with E-state index in [2.05, 4.69) is 10.1 Å². The Kier molecular flexibility index (Phi) is 5.66. The molecule has 0 bridgehead atoms. The Labute approximate surface area is 168 Å². The topological polar surface area (TPSA) is 79.5 Å². The molecule has 1 aromatic carbocycles. The number of amides is 2. The van der Waals surface area contributed by atoms with Crippen molar-refractivity contribution < 1.29 is 14.1 Å². The van der Waals surface area contributed by atoms with Crippen LogP contribution in [0.2, 0.25) is 0 Å². The molecule has 1 saturated carbocycles. The molecule has 28 heavy (non-hydrogen) atoms. The van der Waals surface area contributed by atoms with Crippen LogP contribution in [0.25, 0.3) is 0 Å². The van der Waals surface area contributed by atoms with Crippen molar-refractivity contribution in [2.24, 2.45) is 5.92 Å². The van der Waals surface area contributed by atoms with Crippen molar-refractivity contribution in [3.63, 3.8) is 0 Å². The first-order valence-corrected chi connectivity index (χ1v) is 10.7. The highest BCUT2D eigenvalue weighted by molar-refractivity contribution is 7.98. The Bertz CT molecular complexity index is 857. The van der Waals surface area contributed by atoms with E-state index >= 15 is 0 Å². The van der Waals surface area contributed by atoms with Gasteiger partial charge in [0.25, 0.3) is 5.91 Å². The summed E-state index contributed by atoms with van der Waals surface area (Å²) in [4.78, 5) is 34.4. The second-order valence-corrected chi connectivity index (χ2v) is 8.28. The van der Waals surface area contributed by atoms with E-state index in [1.54, 1.807) is 6.92 Å². The van der Waals surface area contributed by atoms with Gasteiger partial charge in [-0.25, -0.2) is 0 Å². The number of thioether (sulfide) groups is 1. The highest BCUT2D eigenvalue weighted by Crippen LogP contribution is 2.29. The molecule has 7 nitrogen and oxygen atoms in total. The van der Waals surface area contributed by atoms with Crippen LogP contribution in [-0.4, -0.2) is 57.9 Å². The van der Waals surface area contributed by atoms with Gasteiger partial charge in [0.05, 0.1) is 11.3 Å². The molecule has 0 radical (unpaired) electrons. The molecule has 1 saturated heterocycles. The summed E-state index contributed by atoms with van der Waals surface area (Å²) in [6, 6.07) is 7.61. The number of piperazine rings is 1. The maximum atomic E-state index is 13.1. The van der Waals surface area contributed by atoms with Gasteiger partial charge in [-0.1, -0.05) is 23.7 Å². The van der Waals surface area contributed by atoms with Gasteiger partial charge >= 0.3 is 0 Å². The molecule has 1 aromatic heterocycles. The molecule has 1 aliphatic carbocycles. The van der Waals surface area contributed by atoms with Gasteiger partial charge in [0.2, 0.25) is 11.8 Å². The van der Waals surface area contributed by atoms with E-state index in [9.17, 15) is 9.59 Å². The van der Waals surface area contributed by atoms with Gasteiger partial charge in [-0.2, -0.15) is 4.98 Å². The molecule has 0 unspecified atom stereocenters. The number of hydrogen-bond acceptors (Lipinski definition) is 6. The van der Waals surface area contributed by atoms with E-state index in [0.29, 0.717) is 49.2 Å². The third kappa shape index (κ3) is 4.06. The van der Waals surface area contributed by atoms with Crippen molar-refractivity contribution in [2.75, 3.05) is 26.2 Å². The summed E-state index contributed by atoms with van der Waals surface area (Å²) in [5.74, 6) is 2.20. The van der Waals surface area contributed by atoms with Gasteiger partial charge in [0.1, 0.15) is 0 Å². The number of carbonyl (C=O) groups is 2. The van der Waals surface area contributed by atoms with Gasteiger partial charge in [-0.3, -0.25) is 9.59 Å². The molecule has 0 atom stereocenters. The minimum absolute atomic E-state index is 0.0168. The van der Waals surface area contributed by atoms with E-state index < -0.39 is 0 Å². The van der Waals surface area contributed by atoms with Crippen molar-refractivity contribution in [1.29, 1.82) is 0 Å². The molecule has 1 aliphatic heterocycles. The van der Waals surface area contributed by atoms with Gasteiger partial charge in [-0.15, -0.1) is 11.8 Å². The Morgan fingerprint density at radius 3 is 2.50 bits per heavy atom. The zero-order chi connectivity index (χ0) is 19.5. The van der Waals surface area contributed by atoms with Crippen LogP contribution in [0.5, 0.6) is 0 Å². The lowest BCUT2D eigenvalue weighted by Gasteiger charge is -2.38. The van der Waals surface area contributed by atoms with Crippen molar-refractivity contribution in [1.82, 2.24) is 19.9 Å². The van der Waals surface area contributed by atoms with Crippen LogP contribution in [0, 0.1) is 12.8 Å². The molecule has 2 fully saturated rings. The first-order chi connectivity index (χ1) is 13.6. The van der Waals surface area contributed by atoms with Gasteiger partial charge in [0, 0.05) is 43.9 Å². The lowest BCUT2D eigenvalue weighted by Crippen LogP contribution is -2.52. The summed E-state index contributed by atoms with van der Waals surface area (Å²) >= 11 is 1.53. The van der Waals surface area contributed by atoms with E-state index in [1.807, 2.05) is 34.1 Å². The number of aryl methyl sites for hydroxylation is 1. The van der Waals surface area contributed by atoms with Gasteiger partial charge < -0.3 is 14.3 Å². The van der Waals surface area contributed by atoms with Crippen LogP contribution < -0.4 is 0 Å². The smallest absolute Gasteiger partial charge is 0.255 e. The zero-order valence-corrected chi connectivity index (χ0v) is 16.8. The number of benzene rings is 1. The van der Waals surface area contributed by atoms with Crippen LogP contribution in [0.4, 0.5) is 0 Å². The molecule has 2 amide bonds. The molecule has 2 heterocycles. The number of hydrogen-bond donors (Lipinski definition) is 0. The van der Waals surface area contributed by atoms with Crippen molar-refractivity contribution >= 4 is 23.6 Å². The summed E-state index contributed by atoms with van der Waals surface area (Å²) < 4.78 is 5.00. The largest absolute Gasteiger partial charge is 0.340 e. The first-order valence-electron chi connectivity index (χ1n) is 9.71. The maximum absolute atomic E-state index is 13.1. The molecule has 2 aliphatic rings. The SMILES string of the molecule is Cc1nc(CSc2ccccc2C(=O)N2CCN(C(=O)C3CCC3)CC2)no1. The average molecular weight is 401 g/mol. The Hall–Kier alpha value is -2.35. The molecule has 0 spiro atoms. The normalized spacial score (nSPS) is 17.5. The fourth-order valence-corrected chi connectivity index (χ4v) is 4.41. The predicted molar refractivity (Wildman–Crippen MR) is 105 cm³/mol. The summed E-state index contributed by atoms with van der Waals surface area (Å²) in [7, 11) is 0. The number of carbonyl (C=O) groups excluding carboxylic acids is 2. The quantitative estimate of drug-likeness (QED) is 0.718. The van der Waals surface area contributed by atoms with E-state index in [-0.39, 0.29) is 17.7 Å². The molecular weight excluding hydrogens is 376 g/mol. The van der Waals surface area contributed by atoms with Crippen LogP contribution >= 0.6 is 11.8 Å². The standard InChI is InChI=1S/C20H24N4O3S/c1-14-21-18(22-27-14)13-28-17-8-3-2-7-16(17)20(26)24-11-9-23(10-12-24)19(25)15-5-4-6-15/h2-3,7-8,15H,4-6,9-13H2,1H3. The molecule has 4 rings (SSSR count). The van der Waals surface area contributed by atoms with Gasteiger partial charge in [0.15, 0.2) is 5.82 Å². The van der Waals surface area contributed by atoms with E-state index in [4.69, 9.17) is 4.52 Å². The van der Waals surface area contributed by atoms with Crippen LogP contribution in [0.15, 0.2) is 33.7 Å². The van der Waals surface area contributed by atoms with Crippen LogP contribution in [0.1, 0.15) is 41.3 Å². The molecular formula is C20H24N4O3S. The highest BCUT2D eigenvalue weighted by Gasteiger charge is 2.32. The molecule has 8 heteroatoms. The number of aromatic nitrogens is 2. The van der Waals surface area contributed by atoms with E-state index in [0.717, 1.165) is 24.2 Å². The summed E-state index contributed by atoms with van der Waals surface area (Å²) in [6.45, 7) is 4.17. The zero-order valence-electron chi connectivity index (χ0n) is 16.0. The van der Waals surface area contributed by atoms with Gasteiger partial charge in [-0.05, 0) is 25.0 Å². The fraction of sp³-hybridized carbons (Fsp3) is 0.500. The van der Waals surface area contributed by atoms with E-state index in [1.165, 1.54) is 11.8 Å². The van der Waals surface area contributed by atoms with Crippen molar-refractivity contribution in [3.8, 4) is 0 Å². The summed E-state index contributed by atoms with van der Waals surface area (Å²) in [6.07, 6.45) is 3.19. The lowest BCUT2D eigenvalue weighted by atomic mass is 9.84. The third-order valence-corrected chi connectivity index (χ3v) is 6.45. The average Bonchev–Trinajstić information content (AvgIpc) is 3.10. The number of nitrogens with zero attached hydrogens (tertiary/aromatic N) is 4. The monoisotopic (exact) mass is 400 g/mol. The van der Waals surface area contributed by atoms with Crippen molar-refractivity contribution in [3.05, 3.63) is 41.5 Å². The number of rotatable bonds is 5. The van der Waals surface area contributed by atoms with Crippen molar-refractivity contribution in [2.45, 2.75) is 36.8 Å². The summed E-state index contributed by atoms with van der Waals surface area (Å²) in [5, 5.41) is 3.91. The lowest BCUT2D eigenvalue weighted by molar-refractivity contribution is -0.139. The fourth-order valence-electron chi connectivity index (χ4n) is 3.53. The Morgan fingerprint density at radius 2 is 1.86 bits per heavy atom. The maximum Gasteiger partial charge on any atom is 0.255 e. The Morgan fingerprint density at radius 1 is 1.14 bits per heavy atom. The Balaban J connectivity index is 1.37. The second-order valence-electron chi connectivity index (χ2n) is 7.26. The van der Waals surface area contributed by atoms with Crippen LogP contribution in [0.3, 0.4) is 0 Å². The second kappa shape index (κ2) is 8.34. The predicted octanol–water partition coefficient (Wildman–Crippen LogP) is 2.75. The first kappa shape index (κ1) is 19.0. The summed E-state index contributed by atoms with van der Waals surface area (Å²) in [5.41, 5.74) is 0.687. The molecule has 148 valence electrons. The molecule has 0 N–H and O–H groups in total. The minimum Gasteiger partial charge on any atom is -0.340 e. The third-order valence-electron chi connectivity index (χ3n) is 5.38. The highest BCUT2D eigenvalue weighted by atomic mass is 32.2.